The largest absolute Gasteiger partial charge is 0.297 e. The summed E-state index contributed by atoms with van der Waals surface area (Å²) in [6.07, 6.45) is 0.996. The minimum absolute atomic E-state index is 0.121. The van der Waals surface area contributed by atoms with Crippen molar-refractivity contribution < 1.29 is 4.18 Å². The Labute approximate surface area is 102 Å². The molecule has 0 aliphatic rings. The second kappa shape index (κ2) is 6.48. The molecule has 1 unspecified atom stereocenters. The van der Waals surface area contributed by atoms with Crippen molar-refractivity contribution in [2.45, 2.75) is 19.4 Å². The third-order valence-electron chi connectivity index (χ3n) is 1.86. The fourth-order valence-corrected chi connectivity index (χ4v) is 2.25. The number of benzene rings is 1. The number of rotatable bonds is 5. The van der Waals surface area contributed by atoms with E-state index in [4.69, 9.17) is 4.18 Å². The Bertz CT molecular complexity index is 287. The van der Waals surface area contributed by atoms with Crippen LogP contribution in [0.3, 0.4) is 0 Å². The average Bonchev–Trinajstić information content (AvgIpc) is 2.18. The first-order chi connectivity index (χ1) is 6.74. The van der Waals surface area contributed by atoms with Gasteiger partial charge in [0.25, 0.3) is 0 Å². The Hall–Kier alpha value is 0. The molecule has 0 N–H and O–H groups in total. The summed E-state index contributed by atoms with van der Waals surface area (Å²) in [5.74, 6) is 0. The predicted octanol–water partition coefficient (Wildman–Crippen LogP) is 4.71. The van der Waals surface area contributed by atoms with Gasteiger partial charge in [0.2, 0.25) is 0 Å². The molecule has 1 aromatic rings. The van der Waals surface area contributed by atoms with Gasteiger partial charge in [-0.2, -0.15) is 0 Å². The molecule has 14 heavy (non-hydrogen) atoms. The Morgan fingerprint density at radius 3 is 2.64 bits per heavy atom. The average molecular weight is 320 g/mol. The third kappa shape index (κ3) is 4.02. The Morgan fingerprint density at radius 2 is 2.14 bits per heavy atom. The van der Waals surface area contributed by atoms with Gasteiger partial charge in [0.15, 0.2) is 0 Å². The van der Waals surface area contributed by atoms with Gasteiger partial charge in [-0.3, -0.25) is 4.18 Å². The highest BCUT2D eigenvalue weighted by Gasteiger charge is 2.11. The summed E-state index contributed by atoms with van der Waals surface area (Å²) in [6, 6.07) is 10.2. The van der Waals surface area contributed by atoms with Gasteiger partial charge in [-0.25, -0.2) is 0 Å². The lowest BCUT2D eigenvalue weighted by molar-refractivity contribution is 0.253. The third-order valence-corrected chi connectivity index (χ3v) is 2.79. The van der Waals surface area contributed by atoms with Crippen molar-refractivity contribution in [1.82, 2.24) is 0 Å². The van der Waals surface area contributed by atoms with Crippen LogP contribution in [0.1, 0.15) is 25.0 Å². The van der Waals surface area contributed by atoms with E-state index in [1.165, 1.54) is 14.8 Å². The molecular formula is C11H13IOS. The molecule has 76 valence electrons. The van der Waals surface area contributed by atoms with Crippen molar-refractivity contribution in [2.75, 3.05) is 0 Å². The first-order valence-electron chi connectivity index (χ1n) is 4.37. The molecule has 1 rings (SSSR count). The molecule has 0 radical (unpaired) electrons. The minimum Gasteiger partial charge on any atom is -0.297 e. The van der Waals surface area contributed by atoms with Crippen LogP contribution < -0.4 is 0 Å². The fourth-order valence-electron chi connectivity index (χ4n) is 1.24. The molecule has 0 fully saturated rings. The van der Waals surface area contributed by atoms with Crippen LogP contribution in [-0.2, 0) is 4.18 Å². The van der Waals surface area contributed by atoms with Crippen LogP contribution in [0.4, 0.5) is 0 Å². The van der Waals surface area contributed by atoms with Gasteiger partial charge in [0.05, 0.1) is 9.21 Å². The van der Waals surface area contributed by atoms with Crippen molar-refractivity contribution in [3.05, 3.63) is 48.0 Å². The van der Waals surface area contributed by atoms with Crippen LogP contribution in [0.15, 0.2) is 42.5 Å². The van der Waals surface area contributed by atoms with Crippen molar-refractivity contribution in [1.29, 1.82) is 0 Å². The lowest BCUT2D eigenvalue weighted by Gasteiger charge is -2.15. The Kier molecular flexibility index (Phi) is 5.59. The topological polar surface area (TPSA) is 9.23 Å². The van der Waals surface area contributed by atoms with Crippen LogP contribution in [0.25, 0.3) is 0 Å². The van der Waals surface area contributed by atoms with Gasteiger partial charge < -0.3 is 0 Å². The Balaban J connectivity index is 2.72. The molecule has 0 aromatic heterocycles. The zero-order valence-corrected chi connectivity index (χ0v) is 11.0. The van der Waals surface area contributed by atoms with Gasteiger partial charge in [0, 0.05) is 21.2 Å². The molecule has 0 saturated carbocycles. The van der Waals surface area contributed by atoms with E-state index in [0.717, 1.165) is 12.0 Å². The predicted molar refractivity (Wildman–Crippen MR) is 71.3 cm³/mol. The van der Waals surface area contributed by atoms with E-state index < -0.39 is 0 Å². The van der Waals surface area contributed by atoms with Crippen molar-refractivity contribution in [3.63, 3.8) is 0 Å². The van der Waals surface area contributed by atoms with Crippen LogP contribution in [0.2, 0.25) is 0 Å². The second-order valence-electron chi connectivity index (χ2n) is 3.22. The molecule has 1 aromatic carbocycles. The number of halogens is 1. The van der Waals surface area contributed by atoms with Crippen molar-refractivity contribution in [3.8, 4) is 0 Å². The van der Waals surface area contributed by atoms with E-state index in [1.807, 2.05) is 25.1 Å². The SMILES string of the molecule is C=C(C)CC(OSI)c1ccccc1. The van der Waals surface area contributed by atoms with Gasteiger partial charge in [0.1, 0.15) is 6.10 Å². The molecule has 3 heteroatoms. The monoisotopic (exact) mass is 320 g/mol. The van der Waals surface area contributed by atoms with E-state index in [2.05, 4.69) is 39.9 Å². The Morgan fingerprint density at radius 1 is 1.50 bits per heavy atom. The summed E-state index contributed by atoms with van der Waals surface area (Å²) in [5, 5.41) is 0. The number of hydrogen-bond donors (Lipinski definition) is 0. The van der Waals surface area contributed by atoms with Crippen LogP contribution in [0.5, 0.6) is 0 Å². The van der Waals surface area contributed by atoms with E-state index >= 15 is 0 Å². The zero-order valence-electron chi connectivity index (χ0n) is 8.07. The molecule has 0 amide bonds. The molecule has 0 saturated heterocycles. The van der Waals surface area contributed by atoms with E-state index in [1.54, 1.807) is 0 Å². The maximum absolute atomic E-state index is 5.58. The quantitative estimate of drug-likeness (QED) is 0.441. The molecule has 0 aliphatic heterocycles. The molecule has 1 atom stereocenters. The van der Waals surface area contributed by atoms with Crippen LogP contribution >= 0.6 is 30.4 Å². The summed E-state index contributed by atoms with van der Waals surface area (Å²) >= 11 is 2.14. The highest BCUT2D eigenvalue weighted by Crippen LogP contribution is 2.30. The molecular weight excluding hydrogens is 307 g/mol. The van der Waals surface area contributed by atoms with Gasteiger partial charge >= 0.3 is 0 Å². The van der Waals surface area contributed by atoms with Gasteiger partial charge in [-0.1, -0.05) is 35.9 Å². The smallest absolute Gasteiger partial charge is 0.102 e. The van der Waals surface area contributed by atoms with E-state index in [0.29, 0.717) is 0 Å². The highest BCUT2D eigenvalue weighted by atomic mass is 127. The van der Waals surface area contributed by atoms with E-state index in [-0.39, 0.29) is 6.10 Å². The standard InChI is InChI=1S/C11H13IOS/c1-9(2)8-11(13-14-12)10-6-4-3-5-7-10/h3-7,11H,1,8H2,2H3. The summed E-state index contributed by atoms with van der Waals surface area (Å²) in [7, 11) is 1.38. The lowest BCUT2D eigenvalue weighted by Crippen LogP contribution is -1.99. The summed E-state index contributed by atoms with van der Waals surface area (Å²) in [4.78, 5) is 0. The molecule has 0 spiro atoms. The normalized spacial score (nSPS) is 12.4. The molecule has 1 nitrogen and oxygen atoms in total. The van der Waals surface area contributed by atoms with Crippen LogP contribution in [0, 0.1) is 0 Å². The highest BCUT2D eigenvalue weighted by molar-refractivity contribution is 14.2. The van der Waals surface area contributed by atoms with E-state index in [9.17, 15) is 0 Å². The lowest BCUT2D eigenvalue weighted by atomic mass is 10.0. The molecule has 0 heterocycles. The maximum Gasteiger partial charge on any atom is 0.102 e. The summed E-state index contributed by atoms with van der Waals surface area (Å²) in [5.41, 5.74) is 2.35. The summed E-state index contributed by atoms with van der Waals surface area (Å²) < 4.78 is 5.58. The van der Waals surface area contributed by atoms with Crippen molar-refractivity contribution in [2.24, 2.45) is 0 Å². The first-order valence-corrected chi connectivity index (χ1v) is 7.66. The maximum atomic E-state index is 5.58. The second-order valence-corrected chi connectivity index (χ2v) is 4.62. The first kappa shape index (κ1) is 12.1. The minimum atomic E-state index is 0.121. The van der Waals surface area contributed by atoms with Gasteiger partial charge in [-0.05, 0) is 18.9 Å². The van der Waals surface area contributed by atoms with Crippen LogP contribution in [-0.4, -0.2) is 0 Å². The van der Waals surface area contributed by atoms with Gasteiger partial charge in [-0.15, -0.1) is 6.58 Å². The number of hydrogen-bond acceptors (Lipinski definition) is 2. The molecule has 0 aliphatic carbocycles. The van der Waals surface area contributed by atoms with Crippen molar-refractivity contribution >= 4 is 30.4 Å². The molecule has 0 bridgehead atoms. The zero-order chi connectivity index (χ0) is 10.4. The summed E-state index contributed by atoms with van der Waals surface area (Å²) in [6.45, 7) is 5.94. The fraction of sp³-hybridized carbons (Fsp3) is 0.273.